The van der Waals surface area contributed by atoms with Gasteiger partial charge in [-0.25, -0.2) is 4.79 Å². The van der Waals surface area contributed by atoms with Crippen LogP contribution < -0.4 is 5.73 Å². The lowest BCUT2D eigenvalue weighted by Gasteiger charge is -2.05. The third-order valence-corrected chi connectivity index (χ3v) is 4.10. The van der Waals surface area contributed by atoms with Crippen molar-refractivity contribution in [1.29, 1.82) is 0 Å². The molecular formula is C19H17ClN2O3. The fourth-order valence-electron chi connectivity index (χ4n) is 2.78. The Hall–Kier alpha value is -2.79. The number of hydrogen-bond donors (Lipinski definition) is 2. The summed E-state index contributed by atoms with van der Waals surface area (Å²) in [6.07, 6.45) is 0.209. The number of carbonyl (C=O) groups excluding carboxylic acids is 2. The fraction of sp³-hybridized carbons (Fsp3) is 0.158. The van der Waals surface area contributed by atoms with E-state index in [1.165, 1.54) is 6.07 Å². The minimum Gasteiger partial charge on any atom is -0.462 e. The molecule has 3 N–H and O–H groups in total. The summed E-state index contributed by atoms with van der Waals surface area (Å²) in [6, 6.07) is 12.5. The monoisotopic (exact) mass is 356 g/mol. The molecule has 1 aromatic heterocycles. The first kappa shape index (κ1) is 17.0. The number of benzene rings is 2. The summed E-state index contributed by atoms with van der Waals surface area (Å²) in [5.74, 6) is -0.686. The van der Waals surface area contributed by atoms with Crippen molar-refractivity contribution in [2.45, 2.75) is 13.3 Å². The lowest BCUT2D eigenvalue weighted by molar-refractivity contribution is 0.0528. The van der Waals surface area contributed by atoms with Gasteiger partial charge in [0.1, 0.15) is 5.69 Å². The van der Waals surface area contributed by atoms with Gasteiger partial charge in [-0.2, -0.15) is 0 Å². The van der Waals surface area contributed by atoms with Gasteiger partial charge in [-0.15, -0.1) is 0 Å². The minimum atomic E-state index is -0.525. The number of ketones is 1. The number of carbonyl (C=O) groups is 2. The largest absolute Gasteiger partial charge is 0.462 e. The number of nitrogen functional groups attached to an aromatic ring is 1. The quantitative estimate of drug-likeness (QED) is 0.534. The zero-order valence-corrected chi connectivity index (χ0v) is 14.4. The second-order valence-corrected chi connectivity index (χ2v) is 6.03. The van der Waals surface area contributed by atoms with E-state index < -0.39 is 5.97 Å². The maximum absolute atomic E-state index is 12.6. The zero-order chi connectivity index (χ0) is 18.0. The second-order valence-electron chi connectivity index (χ2n) is 5.60. The number of hydrogen-bond acceptors (Lipinski definition) is 4. The molecule has 0 atom stereocenters. The van der Waals surface area contributed by atoms with Crippen molar-refractivity contribution >= 4 is 39.9 Å². The number of Topliss-reactive ketones (excluding diaryl/α,β-unsaturated/α-hetero) is 1. The van der Waals surface area contributed by atoms with Gasteiger partial charge in [0.05, 0.1) is 23.4 Å². The average molecular weight is 357 g/mol. The van der Waals surface area contributed by atoms with Crippen LogP contribution in [0.5, 0.6) is 0 Å². The van der Waals surface area contributed by atoms with E-state index in [9.17, 15) is 9.59 Å². The molecule has 3 aromatic rings. The lowest BCUT2D eigenvalue weighted by Crippen LogP contribution is -2.08. The molecule has 0 aliphatic heterocycles. The van der Waals surface area contributed by atoms with Gasteiger partial charge in [-0.1, -0.05) is 41.9 Å². The molecule has 0 fully saturated rings. The zero-order valence-electron chi connectivity index (χ0n) is 13.6. The standard InChI is InChI=1S/C19H17ClN2O3/c1-2-25-19(24)13-9-12(20)10-14-16(13)17(21)18(22-14)15(23)8-11-6-4-3-5-7-11/h3-7,9-10,22H,2,8,21H2,1H3. The van der Waals surface area contributed by atoms with Crippen molar-refractivity contribution in [2.24, 2.45) is 0 Å². The highest BCUT2D eigenvalue weighted by atomic mass is 35.5. The van der Waals surface area contributed by atoms with Gasteiger partial charge in [0.2, 0.25) is 0 Å². The highest BCUT2D eigenvalue weighted by molar-refractivity contribution is 6.32. The maximum atomic E-state index is 12.6. The predicted molar refractivity (Wildman–Crippen MR) is 98.2 cm³/mol. The second kappa shape index (κ2) is 6.99. The lowest BCUT2D eigenvalue weighted by atomic mass is 10.0. The fourth-order valence-corrected chi connectivity index (χ4v) is 3.00. The molecule has 0 saturated carbocycles. The summed E-state index contributed by atoms with van der Waals surface area (Å²) < 4.78 is 5.06. The molecule has 1 heterocycles. The van der Waals surface area contributed by atoms with E-state index in [1.54, 1.807) is 13.0 Å². The Balaban J connectivity index is 2.06. The molecule has 0 radical (unpaired) electrons. The number of halogens is 1. The van der Waals surface area contributed by atoms with Crippen molar-refractivity contribution in [3.63, 3.8) is 0 Å². The summed E-state index contributed by atoms with van der Waals surface area (Å²) in [4.78, 5) is 27.8. The van der Waals surface area contributed by atoms with Crippen molar-refractivity contribution in [1.82, 2.24) is 4.98 Å². The number of aromatic nitrogens is 1. The van der Waals surface area contributed by atoms with E-state index >= 15 is 0 Å². The number of aromatic amines is 1. The highest BCUT2D eigenvalue weighted by Gasteiger charge is 2.22. The first-order valence-corrected chi connectivity index (χ1v) is 8.24. The van der Waals surface area contributed by atoms with E-state index in [4.69, 9.17) is 22.1 Å². The average Bonchev–Trinajstić information content (AvgIpc) is 2.92. The van der Waals surface area contributed by atoms with Crippen molar-refractivity contribution in [3.8, 4) is 0 Å². The first-order chi connectivity index (χ1) is 12.0. The van der Waals surface area contributed by atoms with Crippen LogP contribution in [0.2, 0.25) is 5.02 Å². The van der Waals surface area contributed by atoms with Crippen molar-refractivity contribution < 1.29 is 14.3 Å². The molecule has 6 heteroatoms. The number of fused-ring (bicyclic) bond motifs is 1. The van der Waals surface area contributed by atoms with Gasteiger partial charge in [0, 0.05) is 16.8 Å². The van der Waals surface area contributed by atoms with Gasteiger partial charge in [0.25, 0.3) is 0 Å². The van der Waals surface area contributed by atoms with Gasteiger partial charge in [0.15, 0.2) is 5.78 Å². The summed E-state index contributed by atoms with van der Waals surface area (Å²) in [5, 5.41) is 0.818. The Morgan fingerprint density at radius 1 is 1.20 bits per heavy atom. The normalized spacial score (nSPS) is 10.8. The molecule has 0 spiro atoms. The number of nitrogens with two attached hydrogens (primary N) is 1. The summed E-state index contributed by atoms with van der Waals surface area (Å²) in [7, 11) is 0. The van der Waals surface area contributed by atoms with E-state index in [1.807, 2.05) is 30.3 Å². The number of ether oxygens (including phenoxy) is 1. The Morgan fingerprint density at radius 3 is 2.60 bits per heavy atom. The smallest absolute Gasteiger partial charge is 0.338 e. The molecule has 2 aromatic carbocycles. The minimum absolute atomic E-state index is 0.161. The van der Waals surface area contributed by atoms with Crippen LogP contribution in [0, 0.1) is 0 Å². The Morgan fingerprint density at radius 2 is 1.92 bits per heavy atom. The summed E-state index contributed by atoms with van der Waals surface area (Å²) >= 11 is 6.09. The molecule has 25 heavy (non-hydrogen) atoms. The molecule has 3 rings (SSSR count). The molecule has 0 unspecified atom stereocenters. The number of anilines is 1. The van der Waals surface area contributed by atoms with Crippen LogP contribution in [-0.4, -0.2) is 23.3 Å². The first-order valence-electron chi connectivity index (χ1n) is 7.86. The van der Waals surface area contributed by atoms with Crippen LogP contribution in [0.15, 0.2) is 42.5 Å². The molecule has 5 nitrogen and oxygen atoms in total. The van der Waals surface area contributed by atoms with Gasteiger partial charge in [-0.3, -0.25) is 4.79 Å². The Bertz CT molecular complexity index is 948. The predicted octanol–water partition coefficient (Wildman–Crippen LogP) is 4.01. The van der Waals surface area contributed by atoms with Crippen molar-refractivity contribution in [3.05, 3.63) is 64.3 Å². The number of rotatable bonds is 5. The van der Waals surface area contributed by atoms with Gasteiger partial charge in [-0.05, 0) is 24.6 Å². The molecule has 0 amide bonds. The molecule has 0 saturated heterocycles. The van der Waals surface area contributed by atoms with Crippen LogP contribution in [0.4, 0.5) is 5.69 Å². The van der Waals surface area contributed by atoms with Crippen LogP contribution in [0.25, 0.3) is 10.9 Å². The SMILES string of the molecule is CCOC(=O)c1cc(Cl)cc2[nH]c(C(=O)Cc3ccccc3)c(N)c12. The van der Waals surface area contributed by atoms with Gasteiger partial charge >= 0.3 is 5.97 Å². The summed E-state index contributed by atoms with van der Waals surface area (Å²) in [6.45, 7) is 1.95. The third kappa shape index (κ3) is 3.37. The number of nitrogens with one attached hydrogen (secondary N) is 1. The highest BCUT2D eigenvalue weighted by Crippen LogP contribution is 2.32. The molecule has 0 aliphatic carbocycles. The Kier molecular flexibility index (Phi) is 4.76. The van der Waals surface area contributed by atoms with Crippen LogP contribution >= 0.6 is 11.6 Å². The molecule has 0 aliphatic rings. The number of H-pyrrole nitrogens is 1. The van der Waals surface area contributed by atoms with Gasteiger partial charge < -0.3 is 15.5 Å². The molecule has 128 valence electrons. The maximum Gasteiger partial charge on any atom is 0.338 e. The molecule has 0 bridgehead atoms. The van der Waals surface area contributed by atoms with Crippen LogP contribution in [-0.2, 0) is 11.2 Å². The summed E-state index contributed by atoms with van der Waals surface area (Å²) in [5.41, 5.74) is 8.34. The topological polar surface area (TPSA) is 85.2 Å². The number of esters is 1. The van der Waals surface area contributed by atoms with E-state index in [-0.39, 0.29) is 35.8 Å². The molecular weight excluding hydrogens is 340 g/mol. The third-order valence-electron chi connectivity index (χ3n) is 3.88. The van der Waals surface area contributed by atoms with E-state index in [2.05, 4.69) is 4.98 Å². The van der Waals surface area contributed by atoms with Crippen molar-refractivity contribution in [2.75, 3.05) is 12.3 Å². The van der Waals surface area contributed by atoms with Crippen LogP contribution in [0.3, 0.4) is 0 Å². The Labute approximate surface area is 149 Å². The van der Waals surface area contributed by atoms with E-state index in [0.29, 0.717) is 15.9 Å². The van der Waals surface area contributed by atoms with Crippen LogP contribution in [0.1, 0.15) is 33.3 Å². The van der Waals surface area contributed by atoms with E-state index in [0.717, 1.165) is 5.56 Å².